The molecule has 0 aliphatic carbocycles. The van der Waals surface area contributed by atoms with Crippen molar-refractivity contribution in [3.63, 3.8) is 0 Å². The molecule has 0 amide bonds. The number of hydrogen-bond donors (Lipinski definition) is 1. The van der Waals surface area contributed by atoms with E-state index in [1.54, 1.807) is 18.3 Å². The molecule has 5 nitrogen and oxygen atoms in total. The monoisotopic (exact) mass is 370 g/mol. The number of benzene rings is 1. The Morgan fingerprint density at radius 1 is 1.29 bits per heavy atom. The molecule has 0 saturated carbocycles. The predicted molar refractivity (Wildman–Crippen MR) is 84.9 cm³/mol. The molecule has 2 aromatic rings. The maximum Gasteiger partial charge on any atom is 0.184 e. The molecule has 21 heavy (non-hydrogen) atoms. The number of nitrogen functional groups attached to an aromatic ring is 1. The quantitative estimate of drug-likeness (QED) is 0.818. The summed E-state index contributed by atoms with van der Waals surface area (Å²) in [5.74, 6) is 0.316. The van der Waals surface area contributed by atoms with Crippen molar-refractivity contribution in [3.8, 4) is 5.75 Å². The third-order valence-electron chi connectivity index (χ3n) is 2.75. The smallest absolute Gasteiger partial charge is 0.184 e. The normalized spacial score (nSPS) is 11.3. The molecule has 1 heterocycles. The summed E-state index contributed by atoms with van der Waals surface area (Å²) >= 11 is 3.27. The van der Waals surface area contributed by atoms with Gasteiger partial charge in [0.2, 0.25) is 0 Å². The van der Waals surface area contributed by atoms with E-state index in [2.05, 4.69) is 20.9 Å². The van der Waals surface area contributed by atoms with Gasteiger partial charge in [-0.3, -0.25) is 4.98 Å². The summed E-state index contributed by atoms with van der Waals surface area (Å²) in [6, 6.07) is 6.36. The molecular formula is C14H15BrN2O3S. The highest BCUT2D eigenvalue weighted by molar-refractivity contribution is 9.10. The molecule has 0 spiro atoms. The first-order chi connectivity index (χ1) is 9.92. The summed E-state index contributed by atoms with van der Waals surface area (Å²) in [6.07, 6.45) is 3.12. The number of halogens is 1. The van der Waals surface area contributed by atoms with Crippen LogP contribution >= 0.6 is 15.9 Å². The lowest BCUT2D eigenvalue weighted by Crippen LogP contribution is -2.09. The van der Waals surface area contributed by atoms with Crippen molar-refractivity contribution in [1.29, 1.82) is 0 Å². The molecule has 2 rings (SSSR count). The lowest BCUT2D eigenvalue weighted by atomic mass is 10.3. The van der Waals surface area contributed by atoms with E-state index in [0.29, 0.717) is 17.9 Å². The van der Waals surface area contributed by atoms with Gasteiger partial charge in [0.15, 0.2) is 9.84 Å². The second kappa shape index (κ2) is 6.44. The third-order valence-corrected chi connectivity index (χ3v) is 4.92. The van der Waals surface area contributed by atoms with Gasteiger partial charge in [0.25, 0.3) is 0 Å². The first-order valence-electron chi connectivity index (χ1n) is 6.27. The number of anilines is 1. The average molecular weight is 371 g/mol. The van der Waals surface area contributed by atoms with Crippen LogP contribution in [0.2, 0.25) is 0 Å². The molecule has 112 valence electrons. The zero-order valence-corrected chi connectivity index (χ0v) is 13.8. The van der Waals surface area contributed by atoms with Gasteiger partial charge in [-0.25, -0.2) is 8.42 Å². The number of nitrogens with two attached hydrogens (primary N) is 1. The summed E-state index contributed by atoms with van der Waals surface area (Å²) in [6.45, 7) is 2.29. The van der Waals surface area contributed by atoms with Gasteiger partial charge in [0.05, 0.1) is 22.9 Å². The van der Waals surface area contributed by atoms with Crippen LogP contribution in [0.25, 0.3) is 0 Å². The van der Waals surface area contributed by atoms with Gasteiger partial charge >= 0.3 is 0 Å². The largest absolute Gasteiger partial charge is 0.494 e. The maximum absolute atomic E-state index is 12.5. The molecule has 0 atom stereocenters. The van der Waals surface area contributed by atoms with Crippen LogP contribution in [0.4, 0.5) is 5.69 Å². The molecule has 0 bridgehead atoms. The van der Waals surface area contributed by atoms with Crippen molar-refractivity contribution < 1.29 is 13.2 Å². The molecule has 2 N–H and O–H groups in total. The van der Waals surface area contributed by atoms with E-state index in [4.69, 9.17) is 10.5 Å². The second-order valence-electron chi connectivity index (χ2n) is 4.40. The number of aromatic nitrogens is 1. The zero-order chi connectivity index (χ0) is 15.5. The summed E-state index contributed by atoms with van der Waals surface area (Å²) < 4.78 is 31.1. The number of ether oxygens (including phenoxy) is 1. The van der Waals surface area contributed by atoms with Crippen LogP contribution in [0.3, 0.4) is 0 Å². The number of pyridine rings is 1. The SMILES string of the molecule is CCOc1ccc(N)c(S(=O)(=O)Cc2cncc(Br)c2)c1. The maximum atomic E-state index is 12.5. The van der Waals surface area contributed by atoms with Gasteiger partial charge in [0.1, 0.15) is 5.75 Å². The van der Waals surface area contributed by atoms with Crippen LogP contribution in [0.1, 0.15) is 12.5 Å². The van der Waals surface area contributed by atoms with Gasteiger partial charge in [-0.15, -0.1) is 0 Å². The van der Waals surface area contributed by atoms with Gasteiger partial charge in [-0.1, -0.05) is 0 Å². The molecular weight excluding hydrogens is 356 g/mol. The minimum absolute atomic E-state index is 0.0772. The fourth-order valence-corrected chi connectivity index (χ4v) is 3.76. The van der Waals surface area contributed by atoms with E-state index in [1.165, 1.54) is 18.3 Å². The minimum Gasteiger partial charge on any atom is -0.494 e. The average Bonchev–Trinajstić information content (AvgIpc) is 2.40. The van der Waals surface area contributed by atoms with E-state index in [1.807, 2.05) is 6.92 Å². The van der Waals surface area contributed by atoms with Gasteiger partial charge in [0, 0.05) is 22.9 Å². The van der Waals surface area contributed by atoms with Crippen molar-refractivity contribution in [2.45, 2.75) is 17.6 Å². The lowest BCUT2D eigenvalue weighted by molar-refractivity contribution is 0.339. The van der Waals surface area contributed by atoms with Crippen molar-refractivity contribution in [1.82, 2.24) is 4.98 Å². The Morgan fingerprint density at radius 3 is 2.71 bits per heavy atom. The first-order valence-corrected chi connectivity index (χ1v) is 8.71. The van der Waals surface area contributed by atoms with Crippen LogP contribution < -0.4 is 10.5 Å². The lowest BCUT2D eigenvalue weighted by Gasteiger charge is -2.10. The Kier molecular flexibility index (Phi) is 4.84. The van der Waals surface area contributed by atoms with Crippen molar-refractivity contribution in [2.75, 3.05) is 12.3 Å². The summed E-state index contributed by atoms with van der Waals surface area (Å²) in [5.41, 5.74) is 6.59. The highest BCUT2D eigenvalue weighted by atomic mass is 79.9. The van der Waals surface area contributed by atoms with Crippen LogP contribution in [0, 0.1) is 0 Å². The van der Waals surface area contributed by atoms with E-state index >= 15 is 0 Å². The summed E-state index contributed by atoms with van der Waals surface area (Å²) in [5, 5.41) is 0. The Labute approximate surface area is 132 Å². The molecule has 7 heteroatoms. The van der Waals surface area contributed by atoms with Crippen LogP contribution in [-0.4, -0.2) is 20.0 Å². The third kappa shape index (κ3) is 3.95. The Morgan fingerprint density at radius 2 is 2.05 bits per heavy atom. The van der Waals surface area contributed by atoms with Crippen molar-refractivity contribution in [3.05, 3.63) is 46.7 Å². The van der Waals surface area contributed by atoms with E-state index in [-0.39, 0.29) is 16.3 Å². The zero-order valence-electron chi connectivity index (χ0n) is 11.4. The van der Waals surface area contributed by atoms with Gasteiger partial charge in [-0.05, 0) is 46.6 Å². The van der Waals surface area contributed by atoms with E-state index in [0.717, 1.165) is 4.47 Å². The van der Waals surface area contributed by atoms with E-state index < -0.39 is 9.84 Å². The van der Waals surface area contributed by atoms with Crippen LogP contribution in [0.5, 0.6) is 5.75 Å². The number of hydrogen-bond acceptors (Lipinski definition) is 5. The minimum atomic E-state index is -3.57. The fraction of sp³-hybridized carbons (Fsp3) is 0.214. The molecule has 1 aromatic carbocycles. The summed E-state index contributed by atoms with van der Waals surface area (Å²) in [7, 11) is -3.57. The molecule has 0 aliphatic rings. The van der Waals surface area contributed by atoms with Crippen molar-refractivity contribution >= 4 is 31.5 Å². The van der Waals surface area contributed by atoms with Crippen LogP contribution in [0.15, 0.2) is 46.0 Å². The molecule has 1 aromatic heterocycles. The first kappa shape index (κ1) is 15.8. The number of rotatable bonds is 5. The van der Waals surface area contributed by atoms with Gasteiger partial charge in [-0.2, -0.15) is 0 Å². The molecule has 0 fully saturated rings. The molecule has 0 aliphatic heterocycles. The predicted octanol–water partition coefficient (Wildman–Crippen LogP) is 2.80. The standard InChI is InChI=1S/C14H15BrN2O3S/c1-2-20-12-3-4-13(16)14(6-12)21(18,19)9-10-5-11(15)8-17-7-10/h3-8H,2,9,16H2,1H3. The van der Waals surface area contributed by atoms with E-state index in [9.17, 15) is 8.42 Å². The number of sulfone groups is 1. The van der Waals surface area contributed by atoms with Gasteiger partial charge < -0.3 is 10.5 Å². The Bertz CT molecular complexity index is 748. The Hall–Kier alpha value is -1.60. The molecule has 0 saturated heterocycles. The Balaban J connectivity index is 2.37. The molecule has 0 unspecified atom stereocenters. The second-order valence-corrected chi connectivity index (χ2v) is 7.28. The topological polar surface area (TPSA) is 82.3 Å². The molecule has 0 radical (unpaired) electrons. The number of nitrogens with zero attached hydrogens (tertiary/aromatic N) is 1. The summed E-state index contributed by atoms with van der Waals surface area (Å²) in [4.78, 5) is 4.04. The van der Waals surface area contributed by atoms with Crippen LogP contribution in [-0.2, 0) is 15.6 Å². The highest BCUT2D eigenvalue weighted by Crippen LogP contribution is 2.27. The van der Waals surface area contributed by atoms with Crippen molar-refractivity contribution in [2.24, 2.45) is 0 Å². The fourth-order valence-electron chi connectivity index (χ4n) is 1.87. The highest BCUT2D eigenvalue weighted by Gasteiger charge is 2.19.